The molecule has 4 aliphatic rings. The molecule has 3 fully saturated rings. The van der Waals surface area contributed by atoms with Crippen molar-refractivity contribution in [1.29, 1.82) is 0 Å². The van der Waals surface area contributed by atoms with Crippen molar-refractivity contribution in [1.82, 2.24) is 0 Å². The molecule has 5 unspecified atom stereocenters. The van der Waals surface area contributed by atoms with Crippen molar-refractivity contribution in [2.75, 3.05) is 0 Å². The third kappa shape index (κ3) is 1.95. The van der Waals surface area contributed by atoms with Gasteiger partial charge in [0.2, 0.25) is 0 Å². The minimum atomic E-state index is -0.712. The van der Waals surface area contributed by atoms with Crippen molar-refractivity contribution in [3.8, 4) is 0 Å². The van der Waals surface area contributed by atoms with Crippen LogP contribution >= 0.6 is 0 Å². The Balaban J connectivity index is 1.74. The van der Waals surface area contributed by atoms with Crippen molar-refractivity contribution in [3.05, 3.63) is 23.8 Å². The van der Waals surface area contributed by atoms with Crippen LogP contribution in [0.4, 0.5) is 0 Å². The van der Waals surface area contributed by atoms with Crippen LogP contribution in [0.15, 0.2) is 23.8 Å². The zero-order chi connectivity index (χ0) is 17.3. The Labute approximate surface area is 142 Å². The van der Waals surface area contributed by atoms with Crippen molar-refractivity contribution >= 4 is 11.8 Å². The molecule has 0 amide bonds. The number of fused-ring (bicyclic) bond motifs is 5. The van der Waals surface area contributed by atoms with Gasteiger partial charge in [-0.3, -0.25) is 9.59 Å². The quantitative estimate of drug-likeness (QED) is 0.775. The maximum absolute atomic E-state index is 11.8. The summed E-state index contributed by atoms with van der Waals surface area (Å²) in [4.78, 5) is 23.5. The van der Waals surface area contributed by atoms with E-state index in [4.69, 9.17) is 0 Å². The highest BCUT2D eigenvalue weighted by atomic mass is 16.4. The number of carbonyl (C=O) groups is 2. The summed E-state index contributed by atoms with van der Waals surface area (Å²) in [6.45, 7) is 4.23. The number of carbonyl (C=O) groups excluding carboxylic acids is 1. The van der Waals surface area contributed by atoms with E-state index in [0.717, 1.165) is 31.3 Å². The van der Waals surface area contributed by atoms with E-state index in [-0.39, 0.29) is 28.4 Å². The maximum atomic E-state index is 11.8. The molecule has 0 saturated heterocycles. The highest BCUT2D eigenvalue weighted by molar-refractivity contribution is 6.01. The molecular weight excluding hydrogens is 304 g/mol. The van der Waals surface area contributed by atoms with E-state index >= 15 is 0 Å². The van der Waals surface area contributed by atoms with E-state index in [0.29, 0.717) is 18.3 Å². The summed E-state index contributed by atoms with van der Waals surface area (Å²) >= 11 is 0. The molecule has 4 nitrogen and oxygen atoms in total. The largest absolute Gasteiger partial charge is 0.481 e. The number of carboxylic acids is 1. The molecule has 4 aliphatic carbocycles. The van der Waals surface area contributed by atoms with E-state index in [9.17, 15) is 19.8 Å². The van der Waals surface area contributed by atoms with Crippen LogP contribution in [-0.4, -0.2) is 28.1 Å². The molecule has 24 heavy (non-hydrogen) atoms. The highest BCUT2D eigenvalue weighted by Gasteiger charge is 2.62. The lowest BCUT2D eigenvalue weighted by Gasteiger charge is -2.58. The van der Waals surface area contributed by atoms with Crippen molar-refractivity contribution < 1.29 is 19.8 Å². The van der Waals surface area contributed by atoms with Gasteiger partial charge in [0.05, 0.1) is 12.0 Å². The zero-order valence-corrected chi connectivity index (χ0v) is 14.4. The van der Waals surface area contributed by atoms with Crippen LogP contribution in [0.2, 0.25) is 0 Å². The van der Waals surface area contributed by atoms with Gasteiger partial charge in [0.15, 0.2) is 5.78 Å². The van der Waals surface area contributed by atoms with Crippen molar-refractivity contribution in [3.63, 3.8) is 0 Å². The smallest absolute Gasteiger partial charge is 0.307 e. The minimum absolute atomic E-state index is 0.0443. The van der Waals surface area contributed by atoms with Crippen LogP contribution in [0.5, 0.6) is 0 Å². The van der Waals surface area contributed by atoms with Crippen LogP contribution < -0.4 is 0 Å². The lowest BCUT2D eigenvalue weighted by Crippen LogP contribution is -2.56. The van der Waals surface area contributed by atoms with Gasteiger partial charge in [-0.25, -0.2) is 0 Å². The Hall–Kier alpha value is -1.42. The number of aliphatic hydroxyl groups is 1. The van der Waals surface area contributed by atoms with Crippen molar-refractivity contribution in [2.45, 2.75) is 52.1 Å². The monoisotopic (exact) mass is 330 g/mol. The first-order valence-corrected chi connectivity index (χ1v) is 9.12. The van der Waals surface area contributed by atoms with Gasteiger partial charge < -0.3 is 10.2 Å². The van der Waals surface area contributed by atoms with Crippen LogP contribution in [0.3, 0.4) is 0 Å². The molecule has 130 valence electrons. The first kappa shape index (κ1) is 16.1. The SMILES string of the molecule is C[C@]12CC(O)C3C(CCC4=CC(=O)C=C[C@@]43C)C1CCC2C(=O)O. The first-order valence-electron chi connectivity index (χ1n) is 9.12. The molecule has 2 N–H and O–H groups in total. The molecule has 7 atom stereocenters. The summed E-state index contributed by atoms with van der Waals surface area (Å²) in [5.41, 5.74) is 0.573. The summed E-state index contributed by atoms with van der Waals surface area (Å²) in [6.07, 6.45) is 8.94. The Kier molecular flexibility index (Phi) is 3.38. The van der Waals surface area contributed by atoms with Gasteiger partial charge in [-0.2, -0.15) is 0 Å². The van der Waals surface area contributed by atoms with Crippen LogP contribution in [-0.2, 0) is 9.59 Å². The fraction of sp³-hybridized carbons (Fsp3) is 0.700. The predicted molar refractivity (Wildman–Crippen MR) is 89.1 cm³/mol. The van der Waals surface area contributed by atoms with E-state index in [1.807, 2.05) is 6.08 Å². The van der Waals surface area contributed by atoms with Crippen LogP contribution in [0, 0.1) is 34.5 Å². The van der Waals surface area contributed by atoms with Crippen LogP contribution in [0.1, 0.15) is 46.0 Å². The number of ketones is 1. The Morgan fingerprint density at radius 3 is 2.71 bits per heavy atom. The topological polar surface area (TPSA) is 74.6 Å². The number of carboxylic acid groups (broad SMARTS) is 1. The standard InChI is InChI=1S/C20H26O4/c1-19-8-7-12(21)9-11(19)3-4-13-14-5-6-15(18(23)24)20(14,2)10-16(22)17(13)19/h7-9,13-17,22H,3-6,10H2,1-2H3,(H,23,24)/t13?,14?,15?,16?,17?,19-,20-/m0/s1. The number of allylic oxidation sites excluding steroid dienone is 4. The Morgan fingerprint density at radius 1 is 1.25 bits per heavy atom. The molecular formula is C20H26O4. The highest BCUT2D eigenvalue weighted by Crippen LogP contribution is 2.65. The fourth-order valence-corrected chi connectivity index (χ4v) is 6.73. The average Bonchev–Trinajstić information content (AvgIpc) is 2.84. The molecule has 0 aliphatic heterocycles. The fourth-order valence-electron chi connectivity index (χ4n) is 6.73. The Morgan fingerprint density at radius 2 is 2.00 bits per heavy atom. The van der Waals surface area contributed by atoms with Gasteiger partial charge in [-0.05, 0) is 61.5 Å². The molecule has 0 radical (unpaired) electrons. The molecule has 4 heteroatoms. The molecule has 0 spiro atoms. The normalized spacial score (nSPS) is 49.9. The number of rotatable bonds is 1. The van der Waals surface area contributed by atoms with Gasteiger partial charge in [-0.1, -0.05) is 25.5 Å². The molecule has 3 saturated carbocycles. The molecule has 0 bridgehead atoms. The lowest BCUT2D eigenvalue weighted by atomic mass is 9.47. The van der Waals surface area contributed by atoms with E-state index < -0.39 is 12.1 Å². The van der Waals surface area contributed by atoms with E-state index in [2.05, 4.69) is 13.8 Å². The zero-order valence-electron chi connectivity index (χ0n) is 14.4. The summed E-state index contributed by atoms with van der Waals surface area (Å²) in [5, 5.41) is 20.7. The molecule has 4 rings (SSSR count). The summed E-state index contributed by atoms with van der Waals surface area (Å²) in [7, 11) is 0. The maximum Gasteiger partial charge on any atom is 0.307 e. The first-order chi connectivity index (χ1) is 11.3. The third-order valence-electron chi connectivity index (χ3n) is 7.79. The summed E-state index contributed by atoms with van der Waals surface area (Å²) in [6, 6.07) is 0. The van der Waals surface area contributed by atoms with Gasteiger partial charge in [0.1, 0.15) is 0 Å². The number of aliphatic carboxylic acids is 1. The van der Waals surface area contributed by atoms with Gasteiger partial charge >= 0.3 is 5.97 Å². The second-order valence-corrected chi connectivity index (χ2v) is 8.77. The number of aliphatic hydroxyl groups excluding tert-OH is 1. The molecule has 0 aromatic heterocycles. The molecule has 0 aromatic rings. The Bertz CT molecular complexity index is 663. The number of hydrogen-bond acceptors (Lipinski definition) is 3. The minimum Gasteiger partial charge on any atom is -0.481 e. The summed E-state index contributed by atoms with van der Waals surface area (Å²) in [5.74, 6) is -0.224. The van der Waals surface area contributed by atoms with Crippen LogP contribution in [0.25, 0.3) is 0 Å². The molecule has 0 aromatic carbocycles. The second kappa shape index (κ2) is 5.04. The molecule has 0 heterocycles. The van der Waals surface area contributed by atoms with E-state index in [1.54, 1.807) is 12.2 Å². The third-order valence-corrected chi connectivity index (χ3v) is 7.79. The average molecular weight is 330 g/mol. The number of hydrogen-bond donors (Lipinski definition) is 2. The summed E-state index contributed by atoms with van der Waals surface area (Å²) < 4.78 is 0. The van der Waals surface area contributed by atoms with Gasteiger partial charge in [0, 0.05) is 11.3 Å². The van der Waals surface area contributed by atoms with Gasteiger partial charge in [-0.15, -0.1) is 0 Å². The van der Waals surface area contributed by atoms with Gasteiger partial charge in [0.25, 0.3) is 0 Å². The van der Waals surface area contributed by atoms with E-state index in [1.165, 1.54) is 0 Å². The second-order valence-electron chi connectivity index (χ2n) is 8.77. The van der Waals surface area contributed by atoms with Crippen molar-refractivity contribution in [2.24, 2.45) is 34.5 Å². The predicted octanol–water partition coefficient (Wildman–Crippen LogP) is 2.97. The lowest BCUT2D eigenvalue weighted by molar-refractivity contribution is -0.155.